The Morgan fingerprint density at radius 2 is 1.97 bits per heavy atom. The molecule has 1 aromatic rings. The molecule has 192 valence electrons. The number of hydrogen-bond acceptors (Lipinski definition) is 6. The lowest BCUT2D eigenvalue weighted by molar-refractivity contribution is 0.106. The molecule has 2 aliphatic rings. The van der Waals surface area contributed by atoms with Crippen LogP contribution in [0.5, 0.6) is 0 Å². The van der Waals surface area contributed by atoms with Crippen molar-refractivity contribution in [3.8, 4) is 0 Å². The highest BCUT2D eigenvalue weighted by Crippen LogP contribution is 2.19. The summed E-state index contributed by atoms with van der Waals surface area (Å²) >= 11 is 0. The highest BCUT2D eigenvalue weighted by molar-refractivity contribution is 5.97. The first-order valence-electron chi connectivity index (χ1n) is 12.9. The molecule has 0 bridgehead atoms. The van der Waals surface area contributed by atoms with E-state index in [-0.39, 0.29) is 11.5 Å². The Bertz CT molecular complexity index is 926. The van der Waals surface area contributed by atoms with Crippen LogP contribution in [-0.2, 0) is 13.0 Å². The summed E-state index contributed by atoms with van der Waals surface area (Å²) in [5.41, 5.74) is 4.79. The first-order valence-corrected chi connectivity index (χ1v) is 12.9. The third-order valence-electron chi connectivity index (χ3n) is 6.22. The molecule has 0 radical (unpaired) electrons. The minimum Gasteiger partial charge on any atom is -0.390 e. The maximum absolute atomic E-state index is 10.9. The Hall–Kier alpha value is -2.48. The molecule has 1 fully saturated rings. The molecule has 1 saturated heterocycles. The number of rotatable bonds is 11. The van der Waals surface area contributed by atoms with E-state index < -0.39 is 6.10 Å². The van der Waals surface area contributed by atoms with Crippen LogP contribution in [0.3, 0.4) is 0 Å². The van der Waals surface area contributed by atoms with Crippen LogP contribution >= 0.6 is 0 Å². The van der Waals surface area contributed by atoms with E-state index in [1.165, 1.54) is 11.1 Å². The van der Waals surface area contributed by atoms with Crippen molar-refractivity contribution < 1.29 is 5.11 Å². The number of benzene rings is 1. The highest BCUT2D eigenvalue weighted by Gasteiger charge is 2.20. The Kier molecular flexibility index (Phi) is 10.1. The fourth-order valence-corrected chi connectivity index (χ4v) is 4.17. The van der Waals surface area contributed by atoms with E-state index in [0.717, 1.165) is 57.0 Å². The minimum atomic E-state index is -0.476. The zero-order valence-electron chi connectivity index (χ0n) is 22.0. The molecule has 1 aromatic carbocycles. The Morgan fingerprint density at radius 3 is 2.60 bits per heavy atom. The molecule has 35 heavy (non-hydrogen) atoms. The summed E-state index contributed by atoms with van der Waals surface area (Å²) < 4.78 is 0. The van der Waals surface area contributed by atoms with Crippen LogP contribution < -0.4 is 16.0 Å². The summed E-state index contributed by atoms with van der Waals surface area (Å²) in [5, 5.41) is 21.2. The first-order chi connectivity index (χ1) is 16.8. The van der Waals surface area contributed by atoms with Crippen molar-refractivity contribution in [3.63, 3.8) is 0 Å². The zero-order valence-corrected chi connectivity index (χ0v) is 22.0. The summed E-state index contributed by atoms with van der Waals surface area (Å²) in [6.07, 6.45) is 5.55. The maximum Gasteiger partial charge on any atom is 0.149 e. The molecule has 0 spiro atoms. The predicted octanol–water partition coefficient (Wildman–Crippen LogP) is 2.88. The largest absolute Gasteiger partial charge is 0.390 e. The van der Waals surface area contributed by atoms with Gasteiger partial charge in [-0.2, -0.15) is 0 Å². The van der Waals surface area contributed by atoms with E-state index in [1.54, 1.807) is 0 Å². The summed E-state index contributed by atoms with van der Waals surface area (Å²) in [7, 11) is 0. The van der Waals surface area contributed by atoms with Gasteiger partial charge in [-0.05, 0) is 36.1 Å². The Labute approximate surface area is 211 Å². The third kappa shape index (κ3) is 8.91. The zero-order chi connectivity index (χ0) is 25.3. The number of aliphatic imine (C=N–C) groups is 2. The molecule has 0 amide bonds. The standard InChI is InChI=1S/C28H44N6O/c1-6-9-25(26(32-20-28(2,3)4)14-27(29-5)33-23-15-30-16-23)31-17-24(35)19-34-13-12-21-10-7-8-11-22(21)18-34/h7-11,14,23-24,30-32,35H,5-6,12-13,15-20H2,1-4H3/b25-9+,26-14?,33-27?. The van der Waals surface area contributed by atoms with Gasteiger partial charge in [0.05, 0.1) is 23.5 Å². The molecule has 1 unspecified atom stereocenters. The number of fused-ring (bicyclic) bond motifs is 1. The molecule has 0 aromatic heterocycles. The summed E-state index contributed by atoms with van der Waals surface area (Å²) in [6, 6.07) is 8.85. The van der Waals surface area contributed by atoms with E-state index in [1.807, 2.05) is 6.08 Å². The number of nitrogens with zero attached hydrogens (tertiary/aromatic N) is 3. The molecule has 4 N–H and O–H groups in total. The van der Waals surface area contributed by atoms with Gasteiger partial charge in [-0.25, -0.2) is 4.99 Å². The second-order valence-corrected chi connectivity index (χ2v) is 10.7. The lowest BCUT2D eigenvalue weighted by Gasteiger charge is -2.31. The van der Waals surface area contributed by atoms with Crippen LogP contribution in [0.1, 0.15) is 45.2 Å². The molecule has 7 nitrogen and oxygen atoms in total. The van der Waals surface area contributed by atoms with E-state index in [4.69, 9.17) is 4.99 Å². The van der Waals surface area contributed by atoms with Gasteiger partial charge < -0.3 is 21.1 Å². The van der Waals surface area contributed by atoms with E-state index >= 15 is 0 Å². The molecular formula is C28H44N6O. The highest BCUT2D eigenvalue weighted by atomic mass is 16.3. The van der Waals surface area contributed by atoms with E-state index in [2.05, 4.69) is 90.6 Å². The molecule has 3 rings (SSSR count). The Morgan fingerprint density at radius 1 is 1.23 bits per heavy atom. The van der Waals surface area contributed by atoms with Gasteiger partial charge in [-0.3, -0.25) is 9.89 Å². The van der Waals surface area contributed by atoms with Crippen molar-refractivity contribution >= 4 is 12.6 Å². The topological polar surface area (TPSA) is 84.3 Å². The second kappa shape index (κ2) is 13.0. The third-order valence-corrected chi connectivity index (χ3v) is 6.22. The number of amidine groups is 1. The lowest BCUT2D eigenvalue weighted by Crippen LogP contribution is -2.45. The monoisotopic (exact) mass is 480 g/mol. The normalized spacial score (nSPS) is 19.1. The van der Waals surface area contributed by atoms with Crippen LogP contribution in [0.4, 0.5) is 0 Å². The average Bonchev–Trinajstić information content (AvgIpc) is 2.79. The van der Waals surface area contributed by atoms with Crippen molar-refractivity contribution in [2.45, 2.75) is 59.2 Å². The van der Waals surface area contributed by atoms with Crippen molar-refractivity contribution in [2.75, 3.05) is 39.3 Å². The number of hydrogen-bond donors (Lipinski definition) is 4. The lowest BCUT2D eigenvalue weighted by atomic mass is 9.96. The van der Waals surface area contributed by atoms with Crippen LogP contribution in [0.2, 0.25) is 0 Å². The molecule has 2 aliphatic heterocycles. The van der Waals surface area contributed by atoms with Gasteiger partial charge in [0.2, 0.25) is 0 Å². The van der Waals surface area contributed by atoms with Crippen LogP contribution in [0, 0.1) is 5.41 Å². The summed E-state index contributed by atoms with van der Waals surface area (Å²) in [5.74, 6) is 0.629. The van der Waals surface area contributed by atoms with Crippen LogP contribution in [0.15, 0.2) is 57.8 Å². The summed E-state index contributed by atoms with van der Waals surface area (Å²) in [4.78, 5) is 11.2. The molecule has 0 aliphatic carbocycles. The average molecular weight is 481 g/mol. The van der Waals surface area contributed by atoms with Gasteiger partial charge in [0.25, 0.3) is 0 Å². The van der Waals surface area contributed by atoms with Gasteiger partial charge in [-0.1, -0.05) is 58.0 Å². The summed E-state index contributed by atoms with van der Waals surface area (Å²) in [6.45, 7) is 18.0. The molecule has 1 atom stereocenters. The van der Waals surface area contributed by atoms with Crippen molar-refractivity contribution in [3.05, 3.63) is 58.9 Å². The van der Waals surface area contributed by atoms with Gasteiger partial charge in [0.15, 0.2) is 0 Å². The number of aliphatic hydroxyl groups is 1. The second-order valence-electron chi connectivity index (χ2n) is 10.7. The molecular weight excluding hydrogens is 436 g/mol. The van der Waals surface area contributed by atoms with Crippen molar-refractivity contribution in [1.82, 2.24) is 20.9 Å². The molecule has 7 heteroatoms. The fraction of sp³-hybridized carbons (Fsp3) is 0.571. The first kappa shape index (κ1) is 27.1. The SMILES string of the molecule is C=NC(C=C(NCC(C)(C)C)/C(=C\CC)NCC(O)CN1CCc2ccccc2C1)=NC1CNC1. The predicted molar refractivity (Wildman–Crippen MR) is 147 cm³/mol. The van der Waals surface area contributed by atoms with E-state index in [0.29, 0.717) is 18.9 Å². The van der Waals surface area contributed by atoms with Gasteiger partial charge in [0.1, 0.15) is 5.84 Å². The van der Waals surface area contributed by atoms with Gasteiger partial charge in [-0.15, -0.1) is 0 Å². The molecule has 0 saturated carbocycles. The van der Waals surface area contributed by atoms with Crippen molar-refractivity contribution in [2.24, 2.45) is 15.4 Å². The minimum absolute atomic E-state index is 0.108. The number of β-amino-alcohol motifs (C(OH)–C–C–N with tert-alkyl or cyclic N) is 1. The van der Waals surface area contributed by atoms with Crippen LogP contribution in [-0.4, -0.2) is 74.0 Å². The van der Waals surface area contributed by atoms with E-state index in [9.17, 15) is 5.11 Å². The van der Waals surface area contributed by atoms with Gasteiger partial charge in [0, 0.05) is 51.9 Å². The smallest absolute Gasteiger partial charge is 0.149 e. The van der Waals surface area contributed by atoms with Crippen molar-refractivity contribution in [1.29, 1.82) is 0 Å². The number of aliphatic hydroxyl groups excluding tert-OH is 1. The quantitative estimate of drug-likeness (QED) is 0.222. The molecule has 2 heterocycles. The maximum atomic E-state index is 10.9. The van der Waals surface area contributed by atoms with Gasteiger partial charge >= 0.3 is 0 Å². The van der Waals surface area contributed by atoms with Crippen LogP contribution in [0.25, 0.3) is 0 Å². The number of allylic oxidation sites excluding steroid dienone is 1. The number of nitrogens with one attached hydrogen (secondary N) is 3. The fourth-order valence-electron chi connectivity index (χ4n) is 4.17. The Balaban J connectivity index is 1.66.